The lowest BCUT2D eigenvalue weighted by Gasteiger charge is -2.38. The molecule has 0 spiro atoms. The molecule has 0 saturated carbocycles. The zero-order chi connectivity index (χ0) is 13.2. The third kappa shape index (κ3) is 3.07. The van der Waals surface area contributed by atoms with Crippen LogP contribution in [0.1, 0.15) is 26.3 Å². The van der Waals surface area contributed by atoms with Gasteiger partial charge in [-0.3, -0.25) is 0 Å². The predicted molar refractivity (Wildman–Crippen MR) is 79.7 cm³/mol. The van der Waals surface area contributed by atoms with Crippen LogP contribution in [-0.4, -0.2) is 40.1 Å². The van der Waals surface area contributed by atoms with Gasteiger partial charge in [0.25, 0.3) is 0 Å². The van der Waals surface area contributed by atoms with Gasteiger partial charge in [0.1, 0.15) is 5.82 Å². The number of rotatable bonds is 3. The molecular formula is C13H22N4S. The van der Waals surface area contributed by atoms with E-state index >= 15 is 0 Å². The fraction of sp³-hybridized carbons (Fsp3) is 0.692. The first kappa shape index (κ1) is 13.5. The molecule has 5 heteroatoms. The second-order valence-electron chi connectivity index (χ2n) is 5.26. The van der Waals surface area contributed by atoms with Crippen molar-refractivity contribution in [3.05, 3.63) is 11.8 Å². The highest BCUT2D eigenvalue weighted by molar-refractivity contribution is 8.00. The Bertz CT molecular complexity index is 419. The Morgan fingerprint density at radius 2 is 2.28 bits per heavy atom. The quantitative estimate of drug-likeness (QED) is 0.910. The van der Waals surface area contributed by atoms with E-state index in [9.17, 15) is 0 Å². The van der Waals surface area contributed by atoms with Crippen molar-refractivity contribution in [3.63, 3.8) is 0 Å². The Morgan fingerprint density at radius 1 is 1.50 bits per heavy atom. The fourth-order valence-electron chi connectivity index (χ4n) is 2.19. The van der Waals surface area contributed by atoms with Crippen LogP contribution in [0.2, 0.25) is 0 Å². The Labute approximate surface area is 114 Å². The monoisotopic (exact) mass is 266 g/mol. The van der Waals surface area contributed by atoms with E-state index in [0.29, 0.717) is 4.75 Å². The Morgan fingerprint density at radius 3 is 2.94 bits per heavy atom. The normalized spacial score (nSPS) is 18.8. The summed E-state index contributed by atoms with van der Waals surface area (Å²) in [6, 6.07) is 0. The summed E-state index contributed by atoms with van der Waals surface area (Å²) in [7, 11) is 0. The average molecular weight is 266 g/mol. The molecule has 1 aliphatic rings. The van der Waals surface area contributed by atoms with E-state index in [1.807, 2.05) is 18.0 Å². The van der Waals surface area contributed by atoms with E-state index < -0.39 is 0 Å². The van der Waals surface area contributed by atoms with Gasteiger partial charge >= 0.3 is 0 Å². The van der Waals surface area contributed by atoms with Crippen LogP contribution in [0.25, 0.3) is 0 Å². The molecule has 1 aromatic heterocycles. The first-order chi connectivity index (χ1) is 8.52. The van der Waals surface area contributed by atoms with E-state index in [4.69, 9.17) is 0 Å². The van der Waals surface area contributed by atoms with Gasteiger partial charge in [0.05, 0.1) is 0 Å². The van der Waals surface area contributed by atoms with Crippen molar-refractivity contribution < 1.29 is 0 Å². The standard InChI is InChI=1S/C13H22N4S/c1-5-14-12-15-8-10(2)11(16-12)17-6-7-18-13(3,4)9-17/h8H,5-7,9H2,1-4H3,(H,14,15,16). The molecule has 2 rings (SSSR count). The Balaban J connectivity index is 2.23. The summed E-state index contributed by atoms with van der Waals surface area (Å²) in [6.07, 6.45) is 1.91. The number of nitrogens with one attached hydrogen (secondary N) is 1. The largest absolute Gasteiger partial charge is 0.354 e. The minimum Gasteiger partial charge on any atom is -0.354 e. The number of thioether (sulfide) groups is 1. The molecule has 1 fully saturated rings. The first-order valence-corrected chi connectivity index (χ1v) is 7.47. The molecule has 18 heavy (non-hydrogen) atoms. The fourth-order valence-corrected chi connectivity index (χ4v) is 3.31. The zero-order valence-corrected chi connectivity index (χ0v) is 12.5. The van der Waals surface area contributed by atoms with E-state index in [1.165, 1.54) is 0 Å². The van der Waals surface area contributed by atoms with Crippen LogP contribution in [0.15, 0.2) is 6.20 Å². The highest BCUT2D eigenvalue weighted by Crippen LogP contribution is 2.32. The predicted octanol–water partition coefficient (Wildman–Crippen LogP) is 2.55. The average Bonchev–Trinajstić information content (AvgIpc) is 2.30. The molecule has 1 N–H and O–H groups in total. The summed E-state index contributed by atoms with van der Waals surface area (Å²) in [5.74, 6) is 2.97. The van der Waals surface area contributed by atoms with Gasteiger partial charge in [0, 0.05) is 41.9 Å². The maximum atomic E-state index is 4.65. The molecule has 1 aromatic rings. The second kappa shape index (κ2) is 5.34. The van der Waals surface area contributed by atoms with Gasteiger partial charge in [0.2, 0.25) is 5.95 Å². The molecule has 1 saturated heterocycles. The highest BCUT2D eigenvalue weighted by Gasteiger charge is 2.28. The SMILES string of the molecule is CCNc1ncc(C)c(N2CCSC(C)(C)C2)n1. The van der Waals surface area contributed by atoms with Gasteiger partial charge in [-0.2, -0.15) is 16.7 Å². The van der Waals surface area contributed by atoms with Crippen LogP contribution in [0, 0.1) is 6.92 Å². The molecule has 0 radical (unpaired) electrons. The molecule has 0 aliphatic carbocycles. The van der Waals surface area contributed by atoms with Gasteiger partial charge in [-0.25, -0.2) is 4.98 Å². The van der Waals surface area contributed by atoms with Crippen LogP contribution in [-0.2, 0) is 0 Å². The van der Waals surface area contributed by atoms with E-state index in [2.05, 4.69) is 47.9 Å². The maximum absolute atomic E-state index is 4.65. The molecule has 4 nitrogen and oxygen atoms in total. The van der Waals surface area contributed by atoms with Gasteiger partial charge in [-0.05, 0) is 27.7 Å². The molecule has 100 valence electrons. The topological polar surface area (TPSA) is 41.1 Å². The highest BCUT2D eigenvalue weighted by atomic mass is 32.2. The molecule has 0 aromatic carbocycles. The smallest absolute Gasteiger partial charge is 0.224 e. The molecule has 1 aliphatic heterocycles. The zero-order valence-electron chi connectivity index (χ0n) is 11.7. The number of nitrogens with zero attached hydrogens (tertiary/aromatic N) is 3. The molecule has 0 unspecified atom stereocenters. The molecule has 2 heterocycles. The maximum Gasteiger partial charge on any atom is 0.224 e. The van der Waals surface area contributed by atoms with E-state index in [-0.39, 0.29) is 0 Å². The lowest BCUT2D eigenvalue weighted by atomic mass is 10.1. The number of hydrogen-bond donors (Lipinski definition) is 1. The molecule has 0 amide bonds. The number of hydrogen-bond acceptors (Lipinski definition) is 5. The number of aromatic nitrogens is 2. The Kier molecular flexibility index (Phi) is 4.00. The van der Waals surface area contributed by atoms with Gasteiger partial charge in [-0.1, -0.05) is 0 Å². The van der Waals surface area contributed by atoms with Crippen LogP contribution in [0.5, 0.6) is 0 Å². The summed E-state index contributed by atoms with van der Waals surface area (Å²) in [5.41, 5.74) is 1.15. The third-order valence-electron chi connectivity index (χ3n) is 3.01. The van der Waals surface area contributed by atoms with Gasteiger partial charge in [0.15, 0.2) is 0 Å². The number of anilines is 2. The van der Waals surface area contributed by atoms with Crippen molar-refractivity contribution >= 4 is 23.5 Å². The minimum absolute atomic E-state index is 0.300. The van der Waals surface area contributed by atoms with Crippen molar-refractivity contribution in [1.82, 2.24) is 9.97 Å². The van der Waals surface area contributed by atoms with Crippen LogP contribution in [0.3, 0.4) is 0 Å². The van der Waals surface area contributed by atoms with Crippen LogP contribution < -0.4 is 10.2 Å². The number of aryl methyl sites for hydroxylation is 1. The molecule has 0 atom stereocenters. The minimum atomic E-state index is 0.300. The van der Waals surface area contributed by atoms with Crippen LogP contribution in [0.4, 0.5) is 11.8 Å². The molecule has 0 bridgehead atoms. The van der Waals surface area contributed by atoms with E-state index in [0.717, 1.165) is 42.7 Å². The lowest BCUT2D eigenvalue weighted by molar-refractivity contribution is 0.640. The van der Waals surface area contributed by atoms with Gasteiger partial charge < -0.3 is 10.2 Å². The van der Waals surface area contributed by atoms with E-state index in [1.54, 1.807) is 0 Å². The summed E-state index contributed by atoms with van der Waals surface area (Å²) in [4.78, 5) is 11.3. The first-order valence-electron chi connectivity index (χ1n) is 6.48. The summed E-state index contributed by atoms with van der Waals surface area (Å²) >= 11 is 2.04. The Hall–Kier alpha value is -0.970. The van der Waals surface area contributed by atoms with Crippen molar-refractivity contribution in [2.75, 3.05) is 35.6 Å². The van der Waals surface area contributed by atoms with Crippen LogP contribution >= 0.6 is 11.8 Å². The van der Waals surface area contributed by atoms with Crippen molar-refractivity contribution in [3.8, 4) is 0 Å². The van der Waals surface area contributed by atoms with Crippen molar-refractivity contribution in [1.29, 1.82) is 0 Å². The lowest BCUT2D eigenvalue weighted by Crippen LogP contribution is -2.43. The second-order valence-corrected chi connectivity index (χ2v) is 7.06. The van der Waals surface area contributed by atoms with Crippen molar-refractivity contribution in [2.24, 2.45) is 0 Å². The summed E-state index contributed by atoms with van der Waals surface area (Å²) in [6.45, 7) is 11.7. The molecular weight excluding hydrogens is 244 g/mol. The summed E-state index contributed by atoms with van der Waals surface area (Å²) in [5, 5.41) is 3.18. The van der Waals surface area contributed by atoms with Gasteiger partial charge in [-0.15, -0.1) is 0 Å². The third-order valence-corrected chi connectivity index (χ3v) is 4.30. The van der Waals surface area contributed by atoms with Crippen molar-refractivity contribution in [2.45, 2.75) is 32.4 Å². The summed E-state index contributed by atoms with van der Waals surface area (Å²) < 4.78 is 0.300.